The summed E-state index contributed by atoms with van der Waals surface area (Å²) in [7, 11) is 0. The van der Waals surface area contributed by atoms with Gasteiger partial charge in [0, 0.05) is 16.5 Å². The maximum atomic E-state index is 11.8. The molecule has 118 valence electrons. The lowest BCUT2D eigenvalue weighted by atomic mass is 10.1. The van der Waals surface area contributed by atoms with E-state index in [-0.39, 0.29) is 5.97 Å². The summed E-state index contributed by atoms with van der Waals surface area (Å²) in [4.78, 5) is 16.4. The van der Waals surface area contributed by atoms with E-state index in [9.17, 15) is 4.79 Å². The van der Waals surface area contributed by atoms with E-state index in [1.807, 2.05) is 11.4 Å². The molecule has 5 heteroatoms. The van der Waals surface area contributed by atoms with Crippen LogP contribution in [0.4, 0.5) is 5.13 Å². The Morgan fingerprint density at radius 3 is 2.96 bits per heavy atom. The van der Waals surface area contributed by atoms with Crippen molar-refractivity contribution in [2.24, 2.45) is 0 Å². The van der Waals surface area contributed by atoms with Gasteiger partial charge < -0.3 is 10.1 Å². The van der Waals surface area contributed by atoms with Crippen molar-refractivity contribution in [3.8, 4) is 11.3 Å². The lowest BCUT2D eigenvalue weighted by Gasteiger charge is -2.11. The van der Waals surface area contributed by atoms with E-state index in [0.717, 1.165) is 16.8 Å². The minimum absolute atomic E-state index is 0.384. The number of benzene rings is 1. The van der Waals surface area contributed by atoms with Crippen LogP contribution >= 0.6 is 11.3 Å². The molecule has 1 unspecified atom stereocenters. The van der Waals surface area contributed by atoms with Gasteiger partial charge in [0.2, 0.25) is 6.23 Å². The smallest absolute Gasteiger partial charge is 0.349 e. The summed E-state index contributed by atoms with van der Waals surface area (Å²) >= 11 is 1.49. The standard InChI is InChI=1S/C19H14N2O2S/c1-11-7-8-13(9-12(11)2)16-10-24-19(20-16)21-17-14-5-3-4-6-15(14)18(22)23-17/h3,5,7-10,17H,1-2H3,(H,20,21). The van der Waals surface area contributed by atoms with Crippen LogP contribution in [0.1, 0.15) is 33.3 Å². The van der Waals surface area contributed by atoms with Gasteiger partial charge in [0.15, 0.2) is 5.13 Å². The maximum Gasteiger partial charge on any atom is 0.349 e. The molecule has 0 aliphatic carbocycles. The predicted octanol–water partition coefficient (Wildman–Crippen LogP) is 4.31. The van der Waals surface area contributed by atoms with Crippen LogP contribution in [0.25, 0.3) is 11.3 Å². The number of aromatic nitrogens is 1. The first-order valence-electron chi connectivity index (χ1n) is 7.55. The van der Waals surface area contributed by atoms with Crippen molar-refractivity contribution >= 4 is 22.4 Å². The number of rotatable bonds is 3. The zero-order valence-corrected chi connectivity index (χ0v) is 14.0. The number of fused-ring (bicyclic) bond motifs is 1. The fourth-order valence-corrected chi connectivity index (χ4v) is 3.35. The number of nitrogens with one attached hydrogen (secondary N) is 1. The van der Waals surface area contributed by atoms with Crippen LogP contribution in [-0.2, 0) is 4.74 Å². The van der Waals surface area contributed by atoms with Crippen molar-refractivity contribution in [3.63, 3.8) is 0 Å². The number of hydrogen-bond donors (Lipinski definition) is 1. The van der Waals surface area contributed by atoms with Gasteiger partial charge in [-0.05, 0) is 43.2 Å². The van der Waals surface area contributed by atoms with E-state index in [4.69, 9.17) is 4.74 Å². The molecule has 1 N–H and O–H groups in total. The Balaban J connectivity index is 1.58. The minimum Gasteiger partial charge on any atom is -0.433 e. The fourth-order valence-electron chi connectivity index (χ4n) is 2.61. The molecule has 2 heterocycles. The molecule has 2 aromatic carbocycles. The Hall–Kier alpha value is -2.84. The van der Waals surface area contributed by atoms with Gasteiger partial charge in [-0.2, -0.15) is 0 Å². The van der Waals surface area contributed by atoms with Gasteiger partial charge in [0.25, 0.3) is 0 Å². The van der Waals surface area contributed by atoms with Crippen LogP contribution in [0, 0.1) is 26.0 Å². The number of cyclic esters (lactones) is 1. The Morgan fingerprint density at radius 1 is 1.25 bits per heavy atom. The van der Waals surface area contributed by atoms with Crippen molar-refractivity contribution in [1.82, 2.24) is 4.98 Å². The Kier molecular flexibility index (Phi) is 3.47. The number of carbonyl (C=O) groups is 1. The fraction of sp³-hybridized carbons (Fsp3) is 0.158. The summed E-state index contributed by atoms with van der Waals surface area (Å²) in [6.07, 6.45) is -0.530. The van der Waals surface area contributed by atoms with Gasteiger partial charge in [-0.15, -0.1) is 11.3 Å². The maximum absolute atomic E-state index is 11.8. The first kappa shape index (κ1) is 14.7. The number of aryl methyl sites for hydroxylation is 2. The van der Waals surface area contributed by atoms with Gasteiger partial charge >= 0.3 is 5.97 Å². The summed E-state index contributed by atoms with van der Waals surface area (Å²) in [5, 5.41) is 5.88. The summed E-state index contributed by atoms with van der Waals surface area (Å²) in [5.41, 5.74) is 5.68. The molecule has 4 rings (SSSR count). The van der Waals surface area contributed by atoms with Crippen LogP contribution in [0.5, 0.6) is 0 Å². The molecule has 1 atom stereocenters. The molecule has 1 aliphatic heterocycles. The first-order valence-corrected chi connectivity index (χ1v) is 8.43. The van der Waals surface area contributed by atoms with Crippen LogP contribution < -0.4 is 5.32 Å². The highest BCUT2D eigenvalue weighted by atomic mass is 32.1. The van der Waals surface area contributed by atoms with E-state index in [2.05, 4.69) is 54.5 Å². The van der Waals surface area contributed by atoms with Crippen LogP contribution in [0.2, 0.25) is 0 Å². The Labute approximate surface area is 144 Å². The number of esters is 1. The van der Waals surface area contributed by atoms with Gasteiger partial charge in [0.05, 0.1) is 5.69 Å². The first-order chi connectivity index (χ1) is 11.6. The third kappa shape index (κ3) is 2.51. The van der Waals surface area contributed by atoms with Crippen LogP contribution in [0.3, 0.4) is 0 Å². The van der Waals surface area contributed by atoms with E-state index >= 15 is 0 Å². The molecule has 0 saturated heterocycles. The predicted molar refractivity (Wildman–Crippen MR) is 92.9 cm³/mol. The quantitative estimate of drug-likeness (QED) is 0.725. The third-order valence-corrected chi connectivity index (χ3v) is 4.88. The molecule has 1 aromatic heterocycles. The van der Waals surface area contributed by atoms with Crippen molar-refractivity contribution in [3.05, 3.63) is 70.1 Å². The second-order valence-corrected chi connectivity index (χ2v) is 6.56. The number of thiazole rings is 1. The lowest BCUT2D eigenvalue weighted by Crippen LogP contribution is -2.09. The topological polar surface area (TPSA) is 51.2 Å². The molecule has 4 nitrogen and oxygen atoms in total. The van der Waals surface area contributed by atoms with Crippen molar-refractivity contribution < 1.29 is 9.53 Å². The molecule has 24 heavy (non-hydrogen) atoms. The largest absolute Gasteiger partial charge is 0.433 e. The van der Waals surface area contributed by atoms with Gasteiger partial charge in [-0.25, -0.2) is 9.78 Å². The number of nitrogens with zero attached hydrogens (tertiary/aromatic N) is 1. The van der Waals surface area contributed by atoms with E-state index in [1.165, 1.54) is 22.5 Å². The molecule has 0 saturated carbocycles. The minimum atomic E-state index is -0.530. The molecule has 0 radical (unpaired) electrons. The normalized spacial score (nSPS) is 15.6. The van der Waals surface area contributed by atoms with Gasteiger partial charge in [0.1, 0.15) is 5.56 Å². The van der Waals surface area contributed by atoms with Crippen LogP contribution in [0.15, 0.2) is 35.7 Å². The average molecular weight is 334 g/mol. The average Bonchev–Trinajstić information content (AvgIpc) is 3.17. The van der Waals surface area contributed by atoms with Gasteiger partial charge in [-0.1, -0.05) is 24.3 Å². The molecule has 0 amide bonds. The van der Waals surface area contributed by atoms with Crippen molar-refractivity contribution in [1.29, 1.82) is 0 Å². The lowest BCUT2D eigenvalue weighted by molar-refractivity contribution is 0.0437. The summed E-state index contributed by atoms with van der Waals surface area (Å²) < 4.78 is 5.35. The zero-order chi connectivity index (χ0) is 16.7. The number of carbonyl (C=O) groups excluding carboxylic acids is 1. The highest BCUT2D eigenvalue weighted by Gasteiger charge is 2.31. The monoisotopic (exact) mass is 334 g/mol. The summed E-state index contributed by atoms with van der Waals surface area (Å²) in [5.74, 6) is -0.384. The van der Waals surface area contributed by atoms with Crippen molar-refractivity contribution in [2.45, 2.75) is 20.1 Å². The summed E-state index contributed by atoms with van der Waals surface area (Å²) in [6, 6.07) is 15.4. The number of ether oxygens (including phenoxy) is 1. The second-order valence-electron chi connectivity index (χ2n) is 5.70. The van der Waals surface area contributed by atoms with Gasteiger partial charge in [-0.3, -0.25) is 0 Å². The zero-order valence-electron chi connectivity index (χ0n) is 13.2. The molecular weight excluding hydrogens is 320 g/mol. The molecule has 1 aliphatic rings. The van der Waals surface area contributed by atoms with Crippen LogP contribution in [-0.4, -0.2) is 11.0 Å². The Bertz CT molecular complexity index is 933. The highest BCUT2D eigenvalue weighted by molar-refractivity contribution is 7.14. The van der Waals surface area contributed by atoms with E-state index in [1.54, 1.807) is 6.07 Å². The SMILES string of the molecule is Cc1ccc(-c2csc(NC3OC(=O)c4c#cccc43)n2)cc1C. The Morgan fingerprint density at radius 2 is 2.12 bits per heavy atom. The highest BCUT2D eigenvalue weighted by Crippen LogP contribution is 2.33. The molecule has 0 fully saturated rings. The summed E-state index contributed by atoms with van der Waals surface area (Å²) in [6.45, 7) is 4.18. The number of hydrogen-bond acceptors (Lipinski definition) is 5. The van der Waals surface area contributed by atoms with Crippen molar-refractivity contribution in [2.75, 3.05) is 5.32 Å². The third-order valence-electron chi connectivity index (χ3n) is 4.10. The molecule has 0 spiro atoms. The van der Waals surface area contributed by atoms with E-state index in [0.29, 0.717) is 10.7 Å². The molecular formula is C19H14N2O2S. The second kappa shape index (κ2) is 5.66. The molecule has 0 bridgehead atoms. The van der Waals surface area contributed by atoms with E-state index < -0.39 is 6.23 Å². The number of anilines is 1. The molecule has 3 aromatic rings.